The van der Waals surface area contributed by atoms with Crippen molar-refractivity contribution < 1.29 is 13.2 Å². The standard InChI is InChI=1S/C20H22N4O3S2/c1-15-8-10-16(11-9-15)19-22-23-20(28)24(19)14-18(25)21-12-5-13-29(26,27)17-6-3-2-4-7-17/h2-4,6-11H,5,12-14H2,1H3,(H,21,25)(H,23,28). The molecule has 1 aromatic heterocycles. The van der Waals surface area contributed by atoms with Crippen LogP contribution in [0.4, 0.5) is 0 Å². The van der Waals surface area contributed by atoms with Crippen LogP contribution in [-0.4, -0.2) is 41.4 Å². The van der Waals surface area contributed by atoms with E-state index in [1.165, 1.54) is 0 Å². The molecule has 1 heterocycles. The molecule has 0 aliphatic rings. The first kappa shape index (κ1) is 20.9. The summed E-state index contributed by atoms with van der Waals surface area (Å²) in [5.74, 6) is 0.293. The Morgan fingerprint density at radius 3 is 2.52 bits per heavy atom. The predicted octanol–water partition coefficient (Wildman–Crippen LogP) is 2.90. The molecule has 0 bridgehead atoms. The predicted molar refractivity (Wildman–Crippen MR) is 114 cm³/mol. The van der Waals surface area contributed by atoms with Gasteiger partial charge in [0.1, 0.15) is 6.54 Å². The number of nitrogens with one attached hydrogen (secondary N) is 2. The Bertz CT molecular complexity index is 1130. The van der Waals surface area contributed by atoms with Gasteiger partial charge in [0.05, 0.1) is 10.6 Å². The third-order valence-corrected chi connectivity index (χ3v) is 6.51. The summed E-state index contributed by atoms with van der Waals surface area (Å²) < 4.78 is 26.5. The van der Waals surface area contributed by atoms with Gasteiger partial charge in [-0.15, -0.1) is 0 Å². The minimum absolute atomic E-state index is 0.00395. The zero-order valence-electron chi connectivity index (χ0n) is 16.0. The monoisotopic (exact) mass is 430 g/mol. The van der Waals surface area contributed by atoms with Crippen molar-refractivity contribution >= 4 is 28.0 Å². The molecule has 3 rings (SSSR count). The van der Waals surface area contributed by atoms with E-state index in [1.54, 1.807) is 34.9 Å². The van der Waals surface area contributed by atoms with Gasteiger partial charge in [0, 0.05) is 12.1 Å². The molecule has 0 atom stereocenters. The maximum Gasteiger partial charge on any atom is 0.240 e. The Hall–Kier alpha value is -2.78. The molecule has 9 heteroatoms. The first-order valence-corrected chi connectivity index (χ1v) is 11.2. The summed E-state index contributed by atoms with van der Waals surface area (Å²) in [5, 5.41) is 9.68. The van der Waals surface area contributed by atoms with Crippen molar-refractivity contribution in [3.8, 4) is 11.4 Å². The molecular formula is C20H22N4O3S2. The number of benzene rings is 2. The van der Waals surface area contributed by atoms with Gasteiger partial charge in [0.15, 0.2) is 20.4 Å². The number of aryl methyl sites for hydroxylation is 1. The lowest BCUT2D eigenvalue weighted by molar-refractivity contribution is -0.121. The van der Waals surface area contributed by atoms with Gasteiger partial charge in [-0.2, -0.15) is 5.10 Å². The van der Waals surface area contributed by atoms with E-state index in [2.05, 4.69) is 15.5 Å². The summed E-state index contributed by atoms with van der Waals surface area (Å²) in [6, 6.07) is 16.1. The van der Waals surface area contributed by atoms with E-state index < -0.39 is 9.84 Å². The number of sulfone groups is 1. The molecule has 0 unspecified atom stereocenters. The minimum Gasteiger partial charge on any atom is -0.355 e. The highest BCUT2D eigenvalue weighted by Gasteiger charge is 2.15. The smallest absolute Gasteiger partial charge is 0.240 e. The highest BCUT2D eigenvalue weighted by molar-refractivity contribution is 7.91. The molecule has 0 spiro atoms. The van der Waals surface area contributed by atoms with E-state index in [0.29, 0.717) is 21.9 Å². The Morgan fingerprint density at radius 1 is 1.14 bits per heavy atom. The van der Waals surface area contributed by atoms with Gasteiger partial charge in [0.25, 0.3) is 0 Å². The van der Waals surface area contributed by atoms with E-state index in [1.807, 2.05) is 31.2 Å². The number of amides is 1. The number of rotatable bonds is 8. The number of hydrogen-bond acceptors (Lipinski definition) is 5. The first-order valence-electron chi connectivity index (χ1n) is 9.13. The van der Waals surface area contributed by atoms with Crippen molar-refractivity contribution in [3.05, 3.63) is 64.9 Å². The SMILES string of the molecule is Cc1ccc(-c2n[nH]c(=S)n2CC(=O)NCCCS(=O)(=O)c2ccccc2)cc1. The second-order valence-electron chi connectivity index (χ2n) is 6.64. The van der Waals surface area contributed by atoms with Gasteiger partial charge < -0.3 is 5.32 Å². The number of carbonyl (C=O) groups is 1. The van der Waals surface area contributed by atoms with Crippen molar-refractivity contribution in [1.29, 1.82) is 0 Å². The van der Waals surface area contributed by atoms with Crippen molar-refractivity contribution in [2.24, 2.45) is 0 Å². The number of hydrogen-bond donors (Lipinski definition) is 2. The number of carbonyl (C=O) groups excluding carboxylic acids is 1. The highest BCUT2D eigenvalue weighted by Crippen LogP contribution is 2.17. The topological polar surface area (TPSA) is 96.8 Å². The molecule has 7 nitrogen and oxygen atoms in total. The molecule has 0 fully saturated rings. The summed E-state index contributed by atoms with van der Waals surface area (Å²) in [7, 11) is -3.35. The fraction of sp³-hybridized carbons (Fsp3) is 0.250. The first-order chi connectivity index (χ1) is 13.9. The number of nitrogens with zero attached hydrogens (tertiary/aromatic N) is 2. The van der Waals surface area contributed by atoms with Crippen LogP contribution in [0, 0.1) is 11.7 Å². The average Bonchev–Trinajstić information content (AvgIpc) is 3.07. The number of H-pyrrole nitrogens is 1. The molecule has 2 N–H and O–H groups in total. The Balaban J connectivity index is 1.56. The van der Waals surface area contributed by atoms with E-state index in [4.69, 9.17) is 12.2 Å². The molecule has 0 saturated carbocycles. The lowest BCUT2D eigenvalue weighted by atomic mass is 10.1. The summed E-state index contributed by atoms with van der Waals surface area (Å²) >= 11 is 5.24. The second kappa shape index (κ2) is 9.15. The molecule has 3 aromatic rings. The molecule has 2 aromatic carbocycles. The van der Waals surface area contributed by atoms with Crippen LogP contribution in [0.15, 0.2) is 59.5 Å². The third kappa shape index (κ3) is 5.39. The fourth-order valence-corrected chi connectivity index (χ4v) is 4.35. The molecular weight excluding hydrogens is 408 g/mol. The molecule has 29 heavy (non-hydrogen) atoms. The Labute approximate surface area is 174 Å². The van der Waals surface area contributed by atoms with Gasteiger partial charge in [-0.1, -0.05) is 48.0 Å². The molecule has 0 saturated heterocycles. The van der Waals surface area contributed by atoms with Crippen LogP contribution in [0.3, 0.4) is 0 Å². The van der Waals surface area contributed by atoms with E-state index in [-0.39, 0.29) is 24.7 Å². The van der Waals surface area contributed by atoms with Crippen LogP contribution in [0.25, 0.3) is 11.4 Å². The van der Waals surface area contributed by atoms with Crippen LogP contribution in [0.5, 0.6) is 0 Å². The zero-order valence-corrected chi connectivity index (χ0v) is 17.6. The van der Waals surface area contributed by atoms with Crippen LogP contribution < -0.4 is 5.32 Å². The van der Waals surface area contributed by atoms with Crippen molar-refractivity contribution in [2.45, 2.75) is 24.8 Å². The van der Waals surface area contributed by atoms with E-state index in [9.17, 15) is 13.2 Å². The molecule has 0 aliphatic heterocycles. The van der Waals surface area contributed by atoms with Gasteiger partial charge >= 0.3 is 0 Å². The molecule has 1 amide bonds. The summed E-state index contributed by atoms with van der Waals surface area (Å²) in [6.07, 6.45) is 0.324. The largest absolute Gasteiger partial charge is 0.355 e. The lowest BCUT2D eigenvalue weighted by Gasteiger charge is -2.09. The second-order valence-corrected chi connectivity index (χ2v) is 9.14. The minimum atomic E-state index is -3.35. The van der Waals surface area contributed by atoms with Crippen LogP contribution in [-0.2, 0) is 21.2 Å². The fourth-order valence-electron chi connectivity index (χ4n) is 2.82. The molecule has 0 aliphatic carbocycles. The van der Waals surface area contributed by atoms with Crippen LogP contribution in [0.2, 0.25) is 0 Å². The maximum absolute atomic E-state index is 12.3. The number of aromatic nitrogens is 3. The quantitative estimate of drug-likeness (QED) is 0.423. The summed E-state index contributed by atoms with van der Waals surface area (Å²) in [6.45, 7) is 2.26. The summed E-state index contributed by atoms with van der Waals surface area (Å²) in [5.41, 5.74) is 1.97. The third-order valence-electron chi connectivity index (χ3n) is 4.38. The van der Waals surface area contributed by atoms with Gasteiger partial charge in [-0.05, 0) is 37.7 Å². The van der Waals surface area contributed by atoms with Gasteiger partial charge in [0.2, 0.25) is 5.91 Å². The summed E-state index contributed by atoms with van der Waals surface area (Å²) in [4.78, 5) is 12.6. The van der Waals surface area contributed by atoms with Gasteiger partial charge in [-0.25, -0.2) is 8.42 Å². The average molecular weight is 431 g/mol. The van der Waals surface area contributed by atoms with E-state index in [0.717, 1.165) is 11.1 Å². The highest BCUT2D eigenvalue weighted by atomic mass is 32.2. The number of aromatic amines is 1. The van der Waals surface area contributed by atoms with Crippen molar-refractivity contribution in [3.63, 3.8) is 0 Å². The molecule has 0 radical (unpaired) electrons. The Kier molecular flexibility index (Phi) is 6.60. The van der Waals surface area contributed by atoms with Crippen LogP contribution >= 0.6 is 12.2 Å². The van der Waals surface area contributed by atoms with Crippen molar-refractivity contribution in [2.75, 3.05) is 12.3 Å². The normalized spacial score (nSPS) is 11.3. The maximum atomic E-state index is 12.3. The zero-order chi connectivity index (χ0) is 20.9. The lowest BCUT2D eigenvalue weighted by Crippen LogP contribution is -2.29. The van der Waals surface area contributed by atoms with E-state index >= 15 is 0 Å². The van der Waals surface area contributed by atoms with Gasteiger partial charge in [-0.3, -0.25) is 14.5 Å². The van der Waals surface area contributed by atoms with Crippen LogP contribution in [0.1, 0.15) is 12.0 Å². The Morgan fingerprint density at radius 2 is 1.83 bits per heavy atom. The van der Waals surface area contributed by atoms with Crippen molar-refractivity contribution in [1.82, 2.24) is 20.1 Å². The molecule has 152 valence electrons.